The highest BCUT2D eigenvalue weighted by atomic mass is 35.5. The van der Waals surface area contributed by atoms with Crippen molar-refractivity contribution in [1.82, 2.24) is 9.97 Å². The van der Waals surface area contributed by atoms with Crippen LogP contribution in [0, 0.1) is 11.6 Å². The first-order chi connectivity index (χ1) is 9.06. The van der Waals surface area contributed by atoms with E-state index in [-0.39, 0.29) is 22.2 Å². The molecule has 0 atom stereocenters. The van der Waals surface area contributed by atoms with Gasteiger partial charge in [0.05, 0.1) is 24.7 Å². The summed E-state index contributed by atoms with van der Waals surface area (Å²) in [4.78, 5) is 8.10. The number of ether oxygens (including phenoxy) is 1. The minimum Gasteiger partial charge on any atom is -0.494 e. The zero-order valence-corrected chi connectivity index (χ0v) is 11.1. The molecule has 0 fully saturated rings. The predicted octanol–water partition coefficient (Wildman–Crippen LogP) is 3.65. The van der Waals surface area contributed by atoms with E-state index in [2.05, 4.69) is 9.97 Å². The molecule has 0 unspecified atom stereocenters. The molecule has 0 aliphatic carbocycles. The second-order valence-corrected chi connectivity index (χ2v) is 4.17. The van der Waals surface area contributed by atoms with Gasteiger partial charge in [0.1, 0.15) is 5.82 Å². The molecular weight excluding hydrogens is 274 g/mol. The molecule has 1 heterocycles. The Kier molecular flexibility index (Phi) is 3.95. The van der Waals surface area contributed by atoms with E-state index in [0.717, 1.165) is 12.1 Å². The molecule has 0 radical (unpaired) electrons. The van der Waals surface area contributed by atoms with Crippen molar-refractivity contribution in [2.45, 2.75) is 13.3 Å². The number of methoxy groups -OCH3 is 1. The van der Waals surface area contributed by atoms with Gasteiger partial charge in [-0.15, -0.1) is 0 Å². The van der Waals surface area contributed by atoms with Crippen LogP contribution in [0.4, 0.5) is 8.78 Å². The minimum absolute atomic E-state index is 0.0252. The van der Waals surface area contributed by atoms with Crippen molar-refractivity contribution in [1.29, 1.82) is 0 Å². The summed E-state index contributed by atoms with van der Waals surface area (Å²) in [7, 11) is 1.27. The molecule has 100 valence electrons. The summed E-state index contributed by atoms with van der Waals surface area (Å²) >= 11 is 5.84. The summed E-state index contributed by atoms with van der Waals surface area (Å²) in [6.45, 7) is 1.85. The van der Waals surface area contributed by atoms with E-state index < -0.39 is 11.6 Å². The molecule has 0 aliphatic rings. The van der Waals surface area contributed by atoms with Crippen LogP contribution in [0.15, 0.2) is 18.3 Å². The predicted molar refractivity (Wildman–Crippen MR) is 68.3 cm³/mol. The number of aryl methyl sites for hydroxylation is 1. The van der Waals surface area contributed by atoms with Crippen molar-refractivity contribution < 1.29 is 13.5 Å². The third-order valence-corrected chi connectivity index (χ3v) is 2.96. The Morgan fingerprint density at radius 1 is 1.26 bits per heavy atom. The Morgan fingerprint density at radius 3 is 2.63 bits per heavy atom. The zero-order chi connectivity index (χ0) is 14.0. The van der Waals surface area contributed by atoms with E-state index in [1.54, 1.807) is 0 Å². The maximum atomic E-state index is 13.9. The van der Waals surface area contributed by atoms with Crippen LogP contribution in [-0.2, 0) is 6.42 Å². The number of benzene rings is 1. The second-order valence-electron chi connectivity index (χ2n) is 3.81. The van der Waals surface area contributed by atoms with Crippen LogP contribution < -0.4 is 4.74 Å². The molecule has 0 amide bonds. The number of rotatable bonds is 3. The standard InChI is InChI=1S/C13H11ClF2N2O/c1-3-10-13(14)17-6-11(18-10)7-4-9(16)12(19-2)5-8(7)15/h4-6H,3H2,1-2H3. The van der Waals surface area contributed by atoms with Gasteiger partial charge < -0.3 is 4.74 Å². The first kappa shape index (κ1) is 13.7. The van der Waals surface area contributed by atoms with Crippen molar-refractivity contribution in [3.63, 3.8) is 0 Å². The molecule has 1 aromatic heterocycles. The van der Waals surface area contributed by atoms with Crippen molar-refractivity contribution >= 4 is 11.6 Å². The molecule has 0 saturated carbocycles. The van der Waals surface area contributed by atoms with E-state index in [0.29, 0.717) is 12.1 Å². The van der Waals surface area contributed by atoms with Gasteiger partial charge in [-0.05, 0) is 12.5 Å². The monoisotopic (exact) mass is 284 g/mol. The quantitative estimate of drug-likeness (QED) is 0.863. The lowest BCUT2D eigenvalue weighted by molar-refractivity contribution is 0.383. The van der Waals surface area contributed by atoms with Gasteiger partial charge in [-0.25, -0.2) is 18.7 Å². The molecule has 3 nitrogen and oxygen atoms in total. The van der Waals surface area contributed by atoms with Gasteiger partial charge >= 0.3 is 0 Å². The highest BCUT2D eigenvalue weighted by molar-refractivity contribution is 6.30. The van der Waals surface area contributed by atoms with Crippen LogP contribution in [0.5, 0.6) is 5.75 Å². The smallest absolute Gasteiger partial charge is 0.165 e. The third-order valence-electron chi connectivity index (χ3n) is 2.65. The topological polar surface area (TPSA) is 35.0 Å². The summed E-state index contributed by atoms with van der Waals surface area (Å²) < 4.78 is 32.2. The van der Waals surface area contributed by atoms with E-state index in [1.165, 1.54) is 13.3 Å². The molecule has 0 N–H and O–H groups in total. The van der Waals surface area contributed by atoms with E-state index >= 15 is 0 Å². The molecule has 19 heavy (non-hydrogen) atoms. The Bertz CT molecular complexity index is 620. The molecule has 0 saturated heterocycles. The first-order valence-corrected chi connectivity index (χ1v) is 5.99. The van der Waals surface area contributed by atoms with E-state index in [1.807, 2.05) is 6.92 Å². The number of nitrogens with zero attached hydrogens (tertiary/aromatic N) is 2. The molecule has 1 aromatic carbocycles. The maximum Gasteiger partial charge on any atom is 0.165 e. The zero-order valence-electron chi connectivity index (χ0n) is 10.4. The lowest BCUT2D eigenvalue weighted by Crippen LogP contribution is -1.98. The molecule has 0 aliphatic heterocycles. The average Bonchev–Trinajstić information content (AvgIpc) is 2.41. The number of aromatic nitrogens is 2. The summed E-state index contributed by atoms with van der Waals surface area (Å²) in [5.74, 6) is -1.44. The van der Waals surface area contributed by atoms with E-state index in [9.17, 15) is 8.78 Å². The molecule has 2 rings (SSSR count). The SMILES string of the molecule is CCc1nc(-c2cc(F)c(OC)cc2F)cnc1Cl. The molecule has 6 heteroatoms. The summed E-state index contributed by atoms with van der Waals surface area (Å²) in [6, 6.07) is 2.01. The van der Waals surface area contributed by atoms with Gasteiger partial charge in [-0.1, -0.05) is 18.5 Å². The van der Waals surface area contributed by atoms with Gasteiger partial charge in [0.25, 0.3) is 0 Å². The number of hydrogen-bond acceptors (Lipinski definition) is 3. The lowest BCUT2D eigenvalue weighted by Gasteiger charge is -2.08. The van der Waals surface area contributed by atoms with Gasteiger partial charge in [0.2, 0.25) is 0 Å². The first-order valence-electron chi connectivity index (χ1n) is 5.61. The summed E-state index contributed by atoms with van der Waals surface area (Å²) in [5.41, 5.74) is 0.798. The lowest BCUT2D eigenvalue weighted by atomic mass is 10.1. The van der Waals surface area contributed by atoms with Gasteiger partial charge in [0, 0.05) is 11.6 Å². The van der Waals surface area contributed by atoms with Crippen LogP contribution >= 0.6 is 11.6 Å². The fraction of sp³-hybridized carbons (Fsp3) is 0.231. The van der Waals surface area contributed by atoms with Crippen molar-refractivity contribution in [2.24, 2.45) is 0 Å². The fourth-order valence-electron chi connectivity index (χ4n) is 1.65. The van der Waals surface area contributed by atoms with Crippen LogP contribution in [0.2, 0.25) is 5.15 Å². The molecule has 2 aromatic rings. The third kappa shape index (κ3) is 2.66. The largest absolute Gasteiger partial charge is 0.494 e. The minimum atomic E-state index is -0.659. The van der Waals surface area contributed by atoms with Crippen LogP contribution in [0.25, 0.3) is 11.3 Å². The van der Waals surface area contributed by atoms with Crippen LogP contribution in [0.1, 0.15) is 12.6 Å². The maximum absolute atomic E-state index is 13.9. The highest BCUT2D eigenvalue weighted by Crippen LogP contribution is 2.28. The van der Waals surface area contributed by atoms with Gasteiger partial charge in [-0.2, -0.15) is 0 Å². The fourth-order valence-corrected chi connectivity index (χ4v) is 1.87. The Hall–Kier alpha value is -1.75. The van der Waals surface area contributed by atoms with Crippen molar-refractivity contribution in [2.75, 3.05) is 7.11 Å². The van der Waals surface area contributed by atoms with Crippen LogP contribution in [0.3, 0.4) is 0 Å². The van der Waals surface area contributed by atoms with Gasteiger partial charge in [0.15, 0.2) is 16.7 Å². The highest BCUT2D eigenvalue weighted by Gasteiger charge is 2.14. The molecule has 0 spiro atoms. The van der Waals surface area contributed by atoms with Crippen molar-refractivity contribution in [3.8, 4) is 17.0 Å². The Balaban J connectivity index is 2.56. The molecular formula is C13H11ClF2N2O. The molecule has 0 bridgehead atoms. The van der Waals surface area contributed by atoms with Crippen molar-refractivity contribution in [3.05, 3.63) is 40.8 Å². The average molecular weight is 285 g/mol. The summed E-state index contributed by atoms with van der Waals surface area (Å²) in [6.07, 6.45) is 1.87. The number of hydrogen-bond donors (Lipinski definition) is 0. The Morgan fingerprint density at radius 2 is 2.00 bits per heavy atom. The Labute approximate surface area is 114 Å². The van der Waals surface area contributed by atoms with E-state index in [4.69, 9.17) is 16.3 Å². The number of halogens is 3. The second kappa shape index (κ2) is 5.48. The summed E-state index contributed by atoms with van der Waals surface area (Å²) in [5, 5.41) is 0.264. The van der Waals surface area contributed by atoms with Crippen LogP contribution in [-0.4, -0.2) is 17.1 Å². The van der Waals surface area contributed by atoms with Gasteiger partial charge in [-0.3, -0.25) is 0 Å². The normalized spacial score (nSPS) is 10.6.